The molecule has 14 heavy (non-hydrogen) atoms. The first-order valence-corrected chi connectivity index (χ1v) is 4.61. The summed E-state index contributed by atoms with van der Waals surface area (Å²) in [6.45, 7) is 1.47. The maximum Gasteiger partial charge on any atom is 0.161 e. The molecule has 0 aliphatic carbocycles. The fraction of sp³-hybridized carbons (Fsp3) is 0.182. The van der Waals surface area contributed by atoms with Gasteiger partial charge >= 0.3 is 0 Å². The minimum Gasteiger partial charge on any atom is -0.392 e. The lowest BCUT2D eigenvalue weighted by Gasteiger charge is -2.00. The van der Waals surface area contributed by atoms with Gasteiger partial charge in [-0.1, -0.05) is 29.8 Å². The van der Waals surface area contributed by atoms with Crippen LogP contribution in [0.4, 0.5) is 0 Å². The zero-order valence-corrected chi connectivity index (χ0v) is 8.58. The van der Waals surface area contributed by atoms with Crippen LogP contribution in [0.1, 0.15) is 22.8 Å². The molecule has 1 N–H and O–H groups in total. The molecule has 0 spiro atoms. The van der Waals surface area contributed by atoms with Crippen molar-refractivity contribution in [2.24, 2.45) is 0 Å². The maximum absolute atomic E-state index is 11.0. The number of aliphatic hydroxyl groups is 1. The van der Waals surface area contributed by atoms with E-state index in [9.17, 15) is 4.79 Å². The number of aliphatic hydroxyl groups excluding tert-OH is 1. The summed E-state index contributed by atoms with van der Waals surface area (Å²) >= 11 is 5.89. The average Bonchev–Trinajstić information content (AvgIpc) is 2.14. The first-order chi connectivity index (χ1) is 6.65. The van der Waals surface area contributed by atoms with E-state index in [1.54, 1.807) is 30.4 Å². The van der Waals surface area contributed by atoms with Gasteiger partial charge < -0.3 is 5.11 Å². The number of ketones is 1. The fourth-order valence-electron chi connectivity index (χ4n) is 1.11. The van der Waals surface area contributed by atoms with Gasteiger partial charge in [0, 0.05) is 5.56 Å². The lowest BCUT2D eigenvalue weighted by atomic mass is 10.1. The summed E-state index contributed by atoms with van der Waals surface area (Å²) in [4.78, 5) is 11.0. The minimum atomic E-state index is -0.0484. The molecule has 0 aliphatic heterocycles. The van der Waals surface area contributed by atoms with Crippen molar-refractivity contribution < 1.29 is 9.90 Å². The van der Waals surface area contributed by atoms with E-state index in [0.717, 1.165) is 5.56 Å². The molecule has 0 radical (unpaired) electrons. The van der Waals surface area contributed by atoms with E-state index in [4.69, 9.17) is 16.7 Å². The van der Waals surface area contributed by atoms with Gasteiger partial charge in [0.1, 0.15) is 0 Å². The van der Waals surface area contributed by atoms with E-state index in [0.29, 0.717) is 10.6 Å². The van der Waals surface area contributed by atoms with Crippen molar-refractivity contribution >= 4 is 23.5 Å². The smallest absolute Gasteiger partial charge is 0.161 e. The van der Waals surface area contributed by atoms with E-state index in [1.165, 1.54) is 6.92 Å². The third-order valence-corrected chi connectivity index (χ3v) is 2.10. The van der Waals surface area contributed by atoms with Crippen LogP contribution in [-0.4, -0.2) is 17.5 Å². The van der Waals surface area contributed by atoms with E-state index < -0.39 is 0 Å². The number of carbonyl (C=O) groups excluding carboxylic acids is 1. The average molecular weight is 211 g/mol. The van der Waals surface area contributed by atoms with Crippen LogP contribution in [0.5, 0.6) is 0 Å². The highest BCUT2D eigenvalue weighted by Gasteiger charge is 2.04. The van der Waals surface area contributed by atoms with E-state index in [1.807, 2.05) is 0 Å². The number of hydrogen-bond donors (Lipinski definition) is 1. The quantitative estimate of drug-likeness (QED) is 0.779. The monoisotopic (exact) mass is 210 g/mol. The summed E-state index contributed by atoms with van der Waals surface area (Å²) in [5.74, 6) is -0.0484. The molecule has 74 valence electrons. The van der Waals surface area contributed by atoms with Gasteiger partial charge in [0.2, 0.25) is 0 Å². The molecule has 0 aromatic heterocycles. The molecule has 0 heterocycles. The second-order valence-electron chi connectivity index (χ2n) is 2.88. The molecule has 2 nitrogen and oxygen atoms in total. The van der Waals surface area contributed by atoms with E-state index >= 15 is 0 Å². The Morgan fingerprint density at radius 2 is 2.29 bits per heavy atom. The van der Waals surface area contributed by atoms with Gasteiger partial charge in [-0.3, -0.25) is 4.79 Å². The van der Waals surface area contributed by atoms with Gasteiger partial charge in [-0.15, -0.1) is 0 Å². The Bertz CT molecular complexity index is 370. The summed E-state index contributed by atoms with van der Waals surface area (Å²) in [6.07, 6.45) is 3.36. The highest BCUT2D eigenvalue weighted by molar-refractivity contribution is 6.34. The first kappa shape index (κ1) is 11.0. The molecule has 0 bridgehead atoms. The SMILES string of the molecule is CC(=O)c1ccc(C=CCO)cc1Cl. The molecule has 3 heteroatoms. The Labute approximate surface area is 87.8 Å². The standard InChI is InChI=1S/C11H11ClO2/c1-8(14)10-5-4-9(3-2-6-13)7-11(10)12/h2-5,7,13H,6H2,1H3. The fourth-order valence-corrected chi connectivity index (χ4v) is 1.43. The number of Topliss-reactive ketones (excluding diaryl/α,β-unsaturated/α-hetero) is 1. The number of halogens is 1. The van der Waals surface area contributed by atoms with Crippen molar-refractivity contribution in [1.29, 1.82) is 0 Å². The summed E-state index contributed by atoms with van der Waals surface area (Å²) in [5.41, 5.74) is 1.39. The van der Waals surface area contributed by atoms with Gasteiger partial charge in [-0.25, -0.2) is 0 Å². The molecule has 1 rings (SSSR count). The third kappa shape index (κ3) is 2.69. The van der Waals surface area contributed by atoms with Gasteiger partial charge in [-0.05, 0) is 24.6 Å². The summed E-state index contributed by atoms with van der Waals surface area (Å²) < 4.78 is 0. The van der Waals surface area contributed by atoms with Crippen molar-refractivity contribution in [2.75, 3.05) is 6.61 Å². The molecule has 1 aromatic carbocycles. The Hall–Kier alpha value is -1.12. The predicted molar refractivity (Wildman–Crippen MR) is 57.6 cm³/mol. The first-order valence-electron chi connectivity index (χ1n) is 4.23. The molecule has 0 amide bonds. The summed E-state index contributed by atoms with van der Waals surface area (Å²) in [7, 11) is 0. The number of rotatable bonds is 3. The predicted octanol–water partition coefficient (Wildman–Crippen LogP) is 2.55. The topological polar surface area (TPSA) is 37.3 Å². The Morgan fingerprint density at radius 3 is 2.79 bits per heavy atom. The normalized spacial score (nSPS) is 10.8. The van der Waals surface area contributed by atoms with Crippen LogP contribution in [0.2, 0.25) is 5.02 Å². The second kappa shape index (κ2) is 4.94. The Balaban J connectivity index is 3.00. The second-order valence-corrected chi connectivity index (χ2v) is 3.29. The summed E-state index contributed by atoms with van der Waals surface area (Å²) in [6, 6.07) is 5.17. The molecule has 0 fully saturated rings. The number of benzene rings is 1. The van der Waals surface area contributed by atoms with Crippen molar-refractivity contribution in [2.45, 2.75) is 6.92 Å². The lowest BCUT2D eigenvalue weighted by Crippen LogP contribution is -1.93. The molecule has 0 saturated heterocycles. The third-order valence-electron chi connectivity index (χ3n) is 1.79. The zero-order chi connectivity index (χ0) is 10.6. The van der Waals surface area contributed by atoms with Crippen LogP contribution in [0.15, 0.2) is 24.3 Å². The van der Waals surface area contributed by atoms with Crippen LogP contribution in [0.25, 0.3) is 6.08 Å². The highest BCUT2D eigenvalue weighted by Crippen LogP contribution is 2.19. The number of carbonyl (C=O) groups is 1. The highest BCUT2D eigenvalue weighted by atomic mass is 35.5. The van der Waals surface area contributed by atoms with Crippen molar-refractivity contribution in [3.05, 3.63) is 40.4 Å². The molecular formula is C11H11ClO2. The largest absolute Gasteiger partial charge is 0.392 e. The van der Waals surface area contributed by atoms with Gasteiger partial charge in [0.05, 0.1) is 11.6 Å². The molecule has 0 unspecified atom stereocenters. The van der Waals surface area contributed by atoms with Crippen LogP contribution < -0.4 is 0 Å². The number of hydrogen-bond acceptors (Lipinski definition) is 2. The van der Waals surface area contributed by atoms with Crippen molar-refractivity contribution in [3.63, 3.8) is 0 Å². The molecule has 0 saturated carbocycles. The molecule has 0 atom stereocenters. The van der Waals surface area contributed by atoms with Gasteiger partial charge in [0.25, 0.3) is 0 Å². The summed E-state index contributed by atoms with van der Waals surface area (Å²) in [5, 5.41) is 9.01. The van der Waals surface area contributed by atoms with Crippen LogP contribution in [0.3, 0.4) is 0 Å². The van der Waals surface area contributed by atoms with Crippen LogP contribution in [0, 0.1) is 0 Å². The van der Waals surface area contributed by atoms with Crippen LogP contribution in [-0.2, 0) is 0 Å². The van der Waals surface area contributed by atoms with Crippen LogP contribution >= 0.6 is 11.6 Å². The molecule has 0 aliphatic rings. The van der Waals surface area contributed by atoms with E-state index in [-0.39, 0.29) is 12.4 Å². The maximum atomic E-state index is 11.0. The van der Waals surface area contributed by atoms with Gasteiger partial charge in [-0.2, -0.15) is 0 Å². The van der Waals surface area contributed by atoms with E-state index in [2.05, 4.69) is 0 Å². The Morgan fingerprint density at radius 1 is 1.57 bits per heavy atom. The van der Waals surface area contributed by atoms with Gasteiger partial charge in [0.15, 0.2) is 5.78 Å². The Kier molecular flexibility index (Phi) is 3.86. The van der Waals surface area contributed by atoms with Crippen molar-refractivity contribution in [3.8, 4) is 0 Å². The molecular weight excluding hydrogens is 200 g/mol. The van der Waals surface area contributed by atoms with Crippen molar-refractivity contribution in [1.82, 2.24) is 0 Å². The zero-order valence-electron chi connectivity index (χ0n) is 7.83. The lowest BCUT2D eigenvalue weighted by molar-refractivity contribution is 0.101. The molecule has 1 aromatic rings. The minimum absolute atomic E-state index is 0.00786.